The Kier molecular flexibility index (Phi) is 11.3. The molecule has 0 radical (unpaired) electrons. The van der Waals surface area contributed by atoms with Gasteiger partial charge in [-0.25, -0.2) is 4.39 Å². The molecule has 1 N–H and O–H groups in total. The molecule has 1 amide bonds. The number of carboxylic acid groups (broad SMARTS) is 1. The SMILES string of the molecule is CCC(C)(C)N1C[C@@H](C(=O)N2CCCC(C(C)[C@@H](Cc3ccc(OC(F)F)cc3)C(=O)O)CC2)[C@H](c2ccc(Cl)cc2F)C1. The van der Waals surface area contributed by atoms with E-state index in [4.69, 9.17) is 11.6 Å². The van der Waals surface area contributed by atoms with Crippen LogP contribution in [-0.2, 0) is 16.0 Å². The van der Waals surface area contributed by atoms with Gasteiger partial charge < -0.3 is 14.7 Å². The summed E-state index contributed by atoms with van der Waals surface area (Å²) in [5, 5.41) is 10.4. The van der Waals surface area contributed by atoms with Crippen LogP contribution in [0.4, 0.5) is 13.2 Å². The van der Waals surface area contributed by atoms with Crippen LogP contribution in [0.5, 0.6) is 5.75 Å². The predicted molar refractivity (Wildman–Crippen MR) is 165 cm³/mol. The third-order valence-corrected chi connectivity index (χ3v) is 10.3. The van der Waals surface area contributed by atoms with Crippen molar-refractivity contribution in [1.82, 2.24) is 9.80 Å². The van der Waals surface area contributed by atoms with E-state index in [1.54, 1.807) is 24.3 Å². The monoisotopic (exact) mass is 636 g/mol. The standard InChI is InChI=1S/C34H44ClF3N2O4/c1-5-34(3,4)40-19-28(26-13-10-24(35)18-30(26)36)29(20-40)31(41)39-15-6-7-23(14-16-39)21(2)27(32(42)43)17-22-8-11-25(12-9-22)44-33(37)38/h8-13,18,21,23,27-29,33H,5-7,14-17,19-20H2,1-4H3,(H,42,43)/t21?,23?,27-,28+,29-/m1/s1. The van der Waals surface area contributed by atoms with Crippen LogP contribution in [0.1, 0.15) is 70.4 Å². The van der Waals surface area contributed by atoms with Gasteiger partial charge in [-0.1, -0.05) is 43.6 Å². The zero-order valence-electron chi connectivity index (χ0n) is 25.9. The highest BCUT2D eigenvalue weighted by atomic mass is 35.5. The summed E-state index contributed by atoms with van der Waals surface area (Å²) in [6.45, 7) is 7.67. The number of carbonyl (C=O) groups is 2. The quantitative estimate of drug-likeness (QED) is 0.277. The van der Waals surface area contributed by atoms with Gasteiger partial charge in [0.25, 0.3) is 0 Å². The van der Waals surface area contributed by atoms with E-state index in [9.17, 15) is 23.5 Å². The first-order valence-electron chi connectivity index (χ1n) is 15.6. The molecule has 10 heteroatoms. The molecule has 2 heterocycles. The van der Waals surface area contributed by atoms with Crippen LogP contribution in [0.3, 0.4) is 0 Å². The van der Waals surface area contributed by atoms with Crippen molar-refractivity contribution < 1.29 is 32.6 Å². The molecule has 44 heavy (non-hydrogen) atoms. The summed E-state index contributed by atoms with van der Waals surface area (Å²) < 4.78 is 44.6. The minimum atomic E-state index is -2.92. The summed E-state index contributed by atoms with van der Waals surface area (Å²) in [4.78, 5) is 30.7. The van der Waals surface area contributed by atoms with E-state index in [0.29, 0.717) is 43.2 Å². The van der Waals surface area contributed by atoms with Gasteiger partial charge in [-0.15, -0.1) is 0 Å². The molecular formula is C34H44ClF3N2O4. The lowest BCUT2D eigenvalue weighted by Crippen LogP contribution is -2.43. The van der Waals surface area contributed by atoms with Crippen molar-refractivity contribution in [2.45, 2.75) is 77.9 Å². The van der Waals surface area contributed by atoms with E-state index in [2.05, 4.69) is 30.4 Å². The largest absolute Gasteiger partial charge is 0.481 e. The van der Waals surface area contributed by atoms with Gasteiger partial charge in [0.2, 0.25) is 5.91 Å². The average molecular weight is 637 g/mol. The molecule has 2 aliphatic rings. The van der Waals surface area contributed by atoms with Crippen molar-refractivity contribution in [2.24, 2.45) is 23.7 Å². The van der Waals surface area contributed by atoms with E-state index in [1.807, 2.05) is 11.8 Å². The number of rotatable bonds is 11. The Morgan fingerprint density at radius 2 is 1.80 bits per heavy atom. The molecule has 2 unspecified atom stereocenters. The second-order valence-electron chi connectivity index (χ2n) is 13.0. The minimum absolute atomic E-state index is 0.0212. The highest BCUT2D eigenvalue weighted by Gasteiger charge is 2.45. The Morgan fingerprint density at radius 3 is 2.41 bits per heavy atom. The number of halogens is 4. The van der Waals surface area contributed by atoms with Gasteiger partial charge in [-0.3, -0.25) is 14.5 Å². The van der Waals surface area contributed by atoms with E-state index < -0.39 is 30.2 Å². The van der Waals surface area contributed by atoms with E-state index in [1.165, 1.54) is 18.2 Å². The number of alkyl halides is 2. The van der Waals surface area contributed by atoms with Crippen molar-refractivity contribution in [3.63, 3.8) is 0 Å². The molecule has 242 valence electrons. The van der Waals surface area contributed by atoms with Crippen LogP contribution < -0.4 is 4.74 Å². The maximum absolute atomic E-state index is 15.1. The van der Waals surface area contributed by atoms with Gasteiger partial charge in [0, 0.05) is 42.7 Å². The Labute approximate surface area is 263 Å². The number of amides is 1. The molecule has 0 aliphatic carbocycles. The van der Waals surface area contributed by atoms with Crippen LogP contribution in [0, 0.1) is 29.5 Å². The summed E-state index contributed by atoms with van der Waals surface area (Å²) in [6, 6.07) is 10.8. The topological polar surface area (TPSA) is 70.1 Å². The Hall–Kier alpha value is -2.78. The van der Waals surface area contributed by atoms with Gasteiger partial charge in [0.05, 0.1) is 11.8 Å². The molecule has 2 saturated heterocycles. The number of ether oxygens (including phenoxy) is 1. The van der Waals surface area contributed by atoms with Crippen LogP contribution in [0.2, 0.25) is 5.02 Å². The average Bonchev–Trinajstić information content (AvgIpc) is 3.27. The van der Waals surface area contributed by atoms with Gasteiger partial charge >= 0.3 is 12.6 Å². The summed E-state index contributed by atoms with van der Waals surface area (Å²) >= 11 is 6.04. The Bertz CT molecular complexity index is 1290. The Morgan fingerprint density at radius 1 is 1.09 bits per heavy atom. The fraction of sp³-hybridized carbons (Fsp3) is 0.588. The van der Waals surface area contributed by atoms with Crippen molar-refractivity contribution in [2.75, 3.05) is 26.2 Å². The number of likely N-dealkylation sites (tertiary alicyclic amines) is 2. The van der Waals surface area contributed by atoms with E-state index in [-0.39, 0.29) is 41.4 Å². The lowest BCUT2D eigenvalue weighted by atomic mass is 9.76. The van der Waals surface area contributed by atoms with Crippen LogP contribution in [-0.4, -0.2) is 65.1 Å². The molecule has 5 atom stereocenters. The molecule has 0 aromatic heterocycles. The zero-order valence-corrected chi connectivity index (χ0v) is 26.7. The fourth-order valence-corrected chi connectivity index (χ4v) is 7.04. The normalized spacial score (nSPS) is 22.9. The van der Waals surface area contributed by atoms with Gasteiger partial charge in [0.15, 0.2) is 0 Å². The van der Waals surface area contributed by atoms with Crippen molar-refractivity contribution in [1.29, 1.82) is 0 Å². The summed E-state index contributed by atoms with van der Waals surface area (Å²) in [6.07, 6.45) is 3.39. The van der Waals surface area contributed by atoms with Gasteiger partial charge in [0.1, 0.15) is 11.6 Å². The number of hydrogen-bond acceptors (Lipinski definition) is 4. The Balaban J connectivity index is 1.46. The summed E-state index contributed by atoms with van der Waals surface area (Å²) in [5.41, 5.74) is 1.11. The van der Waals surface area contributed by atoms with Crippen molar-refractivity contribution in [3.05, 3.63) is 64.4 Å². The van der Waals surface area contributed by atoms with Gasteiger partial charge in [-0.05, 0) is 93.2 Å². The molecule has 2 aromatic rings. The van der Waals surface area contributed by atoms with Crippen LogP contribution >= 0.6 is 11.6 Å². The lowest BCUT2D eigenvalue weighted by molar-refractivity contribution is -0.144. The van der Waals surface area contributed by atoms with Crippen LogP contribution in [0.25, 0.3) is 0 Å². The molecular weight excluding hydrogens is 593 g/mol. The first-order chi connectivity index (χ1) is 20.8. The number of carboxylic acids is 1. The second-order valence-corrected chi connectivity index (χ2v) is 13.4. The molecule has 2 aromatic carbocycles. The highest BCUT2D eigenvalue weighted by molar-refractivity contribution is 6.30. The number of nitrogens with zero attached hydrogens (tertiary/aromatic N) is 2. The van der Waals surface area contributed by atoms with Crippen molar-refractivity contribution in [3.8, 4) is 5.75 Å². The molecule has 2 fully saturated rings. The summed E-state index contributed by atoms with van der Waals surface area (Å²) in [7, 11) is 0. The van der Waals surface area contributed by atoms with Gasteiger partial charge in [-0.2, -0.15) is 8.78 Å². The molecule has 0 spiro atoms. The second kappa shape index (κ2) is 14.5. The zero-order chi connectivity index (χ0) is 32.2. The number of aliphatic carboxylic acids is 1. The predicted octanol–water partition coefficient (Wildman–Crippen LogP) is 7.49. The number of hydrogen-bond donors (Lipinski definition) is 1. The molecule has 0 saturated carbocycles. The first-order valence-corrected chi connectivity index (χ1v) is 15.9. The highest BCUT2D eigenvalue weighted by Crippen LogP contribution is 2.40. The lowest BCUT2D eigenvalue weighted by Gasteiger charge is -2.35. The smallest absolute Gasteiger partial charge is 0.387 e. The molecule has 4 rings (SSSR count). The number of benzene rings is 2. The molecule has 6 nitrogen and oxygen atoms in total. The van der Waals surface area contributed by atoms with Crippen LogP contribution in [0.15, 0.2) is 42.5 Å². The minimum Gasteiger partial charge on any atom is -0.481 e. The molecule has 0 bridgehead atoms. The first kappa shape index (κ1) is 34.1. The van der Waals surface area contributed by atoms with Crippen molar-refractivity contribution >= 4 is 23.5 Å². The molecule has 2 aliphatic heterocycles. The summed E-state index contributed by atoms with van der Waals surface area (Å²) in [5.74, 6) is -2.67. The maximum atomic E-state index is 15.1. The van der Waals surface area contributed by atoms with E-state index >= 15 is 4.39 Å². The number of carbonyl (C=O) groups excluding carboxylic acids is 1. The third kappa shape index (κ3) is 8.08. The third-order valence-electron chi connectivity index (χ3n) is 10.1. The van der Waals surface area contributed by atoms with E-state index in [0.717, 1.165) is 24.8 Å². The maximum Gasteiger partial charge on any atom is 0.387 e. The fourth-order valence-electron chi connectivity index (χ4n) is 6.88.